The van der Waals surface area contributed by atoms with E-state index in [1.165, 1.54) is 11.1 Å². The van der Waals surface area contributed by atoms with E-state index in [1.54, 1.807) is 24.6 Å². The maximum Gasteiger partial charge on any atom is 0.133 e. The monoisotopic (exact) mass is 418 g/mol. The number of aryl methyl sites for hydroxylation is 6. The SMILES string of the molecule is Cc1cc(C)c(N=Cc2cc(Cl)cc(C=Nc3c(C)cc(C)cc3C)c2O)c(C)c1. The molecule has 0 unspecified atom stereocenters. The molecule has 0 spiro atoms. The topological polar surface area (TPSA) is 45.0 Å². The first-order valence-electron chi connectivity index (χ1n) is 9.92. The zero-order valence-corrected chi connectivity index (χ0v) is 19.1. The molecule has 0 aromatic heterocycles. The van der Waals surface area contributed by atoms with E-state index in [2.05, 4.69) is 48.1 Å². The average molecular weight is 419 g/mol. The van der Waals surface area contributed by atoms with Gasteiger partial charge < -0.3 is 5.11 Å². The summed E-state index contributed by atoms with van der Waals surface area (Å²) in [5, 5.41) is 11.3. The third-order valence-electron chi connectivity index (χ3n) is 5.07. The van der Waals surface area contributed by atoms with E-state index in [9.17, 15) is 5.11 Å². The number of rotatable bonds is 4. The highest BCUT2D eigenvalue weighted by Gasteiger charge is 2.09. The van der Waals surface area contributed by atoms with E-state index >= 15 is 0 Å². The van der Waals surface area contributed by atoms with Gasteiger partial charge in [-0.05, 0) is 75.9 Å². The van der Waals surface area contributed by atoms with Crippen molar-refractivity contribution in [1.82, 2.24) is 0 Å². The Labute approximate surface area is 183 Å². The molecular formula is C26H27ClN2O. The molecular weight excluding hydrogens is 392 g/mol. The molecule has 3 aromatic carbocycles. The van der Waals surface area contributed by atoms with Crippen LogP contribution in [-0.2, 0) is 0 Å². The average Bonchev–Trinajstić information content (AvgIpc) is 2.63. The van der Waals surface area contributed by atoms with Crippen molar-refractivity contribution >= 4 is 35.4 Å². The lowest BCUT2D eigenvalue weighted by Crippen LogP contribution is -1.92. The molecule has 3 aromatic rings. The van der Waals surface area contributed by atoms with Gasteiger partial charge in [0.25, 0.3) is 0 Å². The van der Waals surface area contributed by atoms with E-state index in [1.807, 2.05) is 27.7 Å². The van der Waals surface area contributed by atoms with Crippen molar-refractivity contribution in [3.8, 4) is 5.75 Å². The van der Waals surface area contributed by atoms with Gasteiger partial charge >= 0.3 is 0 Å². The largest absolute Gasteiger partial charge is 0.507 e. The van der Waals surface area contributed by atoms with Crippen LogP contribution in [0.2, 0.25) is 5.02 Å². The molecule has 0 atom stereocenters. The fourth-order valence-electron chi connectivity index (χ4n) is 3.86. The van der Waals surface area contributed by atoms with Crippen LogP contribution in [0.1, 0.15) is 44.5 Å². The molecule has 4 heteroatoms. The molecule has 0 radical (unpaired) electrons. The van der Waals surface area contributed by atoms with Crippen molar-refractivity contribution < 1.29 is 5.11 Å². The third kappa shape index (κ3) is 4.80. The number of aliphatic imine (C=N–C) groups is 2. The number of halogens is 1. The Morgan fingerprint density at radius 2 is 0.967 bits per heavy atom. The number of nitrogens with zero attached hydrogens (tertiary/aromatic N) is 2. The standard InChI is InChI=1S/C26H27ClN2O/c1-15-7-17(3)24(18(4)8-15)28-13-21-11-23(27)12-22(26(21)30)14-29-25-19(5)9-16(2)10-20(25)6/h7-14,30H,1-6H3. The fraction of sp³-hybridized carbons (Fsp3) is 0.231. The van der Waals surface area contributed by atoms with E-state index in [4.69, 9.17) is 11.6 Å². The van der Waals surface area contributed by atoms with Crippen LogP contribution >= 0.6 is 11.6 Å². The second-order valence-electron chi connectivity index (χ2n) is 7.94. The van der Waals surface area contributed by atoms with Gasteiger partial charge in [0, 0.05) is 28.6 Å². The van der Waals surface area contributed by atoms with Crippen LogP contribution in [0, 0.1) is 41.5 Å². The Balaban J connectivity index is 1.99. The molecule has 0 fully saturated rings. The minimum atomic E-state index is 0.108. The molecule has 154 valence electrons. The lowest BCUT2D eigenvalue weighted by molar-refractivity contribution is 0.473. The summed E-state index contributed by atoms with van der Waals surface area (Å²) in [5.74, 6) is 0.108. The minimum Gasteiger partial charge on any atom is -0.507 e. The molecule has 1 N–H and O–H groups in total. The Morgan fingerprint density at radius 1 is 0.633 bits per heavy atom. The molecule has 0 saturated carbocycles. The number of aromatic hydroxyl groups is 1. The highest BCUT2D eigenvalue weighted by Crippen LogP contribution is 2.30. The van der Waals surface area contributed by atoms with Crippen LogP contribution in [0.3, 0.4) is 0 Å². The van der Waals surface area contributed by atoms with Crippen LogP contribution in [0.5, 0.6) is 5.75 Å². The number of phenols is 1. The maximum atomic E-state index is 10.8. The summed E-state index contributed by atoms with van der Waals surface area (Å²) in [7, 11) is 0. The van der Waals surface area contributed by atoms with Crippen molar-refractivity contribution in [2.75, 3.05) is 0 Å². The predicted octanol–water partition coefficient (Wildman–Crippen LogP) is 7.40. The Hall–Kier alpha value is -2.91. The molecule has 0 amide bonds. The number of benzene rings is 3. The summed E-state index contributed by atoms with van der Waals surface area (Å²) in [6.45, 7) is 12.3. The lowest BCUT2D eigenvalue weighted by atomic mass is 10.0. The predicted molar refractivity (Wildman–Crippen MR) is 129 cm³/mol. The molecule has 0 bridgehead atoms. The third-order valence-corrected chi connectivity index (χ3v) is 5.29. The lowest BCUT2D eigenvalue weighted by Gasteiger charge is -2.09. The highest BCUT2D eigenvalue weighted by molar-refractivity contribution is 6.31. The minimum absolute atomic E-state index is 0.108. The van der Waals surface area contributed by atoms with Gasteiger partial charge in [0.1, 0.15) is 5.75 Å². The molecule has 3 rings (SSSR count). The first-order chi connectivity index (χ1) is 14.2. The van der Waals surface area contributed by atoms with E-state index in [0.717, 1.165) is 33.6 Å². The summed E-state index contributed by atoms with van der Waals surface area (Å²) < 4.78 is 0. The van der Waals surface area contributed by atoms with Crippen LogP contribution in [0.15, 0.2) is 46.4 Å². The summed E-state index contributed by atoms with van der Waals surface area (Å²) >= 11 is 6.32. The summed E-state index contributed by atoms with van der Waals surface area (Å²) in [5.41, 5.74) is 9.71. The Bertz CT molecular complexity index is 1040. The number of phenolic OH excluding ortho intramolecular Hbond substituents is 1. The van der Waals surface area contributed by atoms with Crippen molar-refractivity contribution in [3.63, 3.8) is 0 Å². The molecule has 30 heavy (non-hydrogen) atoms. The molecule has 0 aliphatic carbocycles. The van der Waals surface area contributed by atoms with Gasteiger partial charge in [0.15, 0.2) is 0 Å². The Morgan fingerprint density at radius 3 is 1.30 bits per heavy atom. The smallest absolute Gasteiger partial charge is 0.133 e. The van der Waals surface area contributed by atoms with E-state index < -0.39 is 0 Å². The quantitative estimate of drug-likeness (QED) is 0.441. The van der Waals surface area contributed by atoms with Crippen LogP contribution < -0.4 is 0 Å². The Kier molecular flexibility index (Phi) is 6.42. The molecule has 0 aliphatic heterocycles. The van der Waals surface area contributed by atoms with Crippen LogP contribution in [-0.4, -0.2) is 17.5 Å². The van der Waals surface area contributed by atoms with Crippen molar-refractivity contribution in [3.05, 3.63) is 85.9 Å². The highest BCUT2D eigenvalue weighted by atomic mass is 35.5. The van der Waals surface area contributed by atoms with Gasteiger partial charge in [0.05, 0.1) is 11.4 Å². The van der Waals surface area contributed by atoms with E-state index in [0.29, 0.717) is 16.1 Å². The van der Waals surface area contributed by atoms with Gasteiger partial charge in [-0.2, -0.15) is 0 Å². The van der Waals surface area contributed by atoms with Gasteiger partial charge in [-0.15, -0.1) is 0 Å². The van der Waals surface area contributed by atoms with Gasteiger partial charge in [-0.25, -0.2) is 0 Å². The zero-order valence-electron chi connectivity index (χ0n) is 18.3. The van der Waals surface area contributed by atoms with Gasteiger partial charge in [-0.3, -0.25) is 9.98 Å². The van der Waals surface area contributed by atoms with Crippen LogP contribution in [0.4, 0.5) is 11.4 Å². The summed E-state index contributed by atoms with van der Waals surface area (Å²) in [4.78, 5) is 9.26. The number of hydrogen-bond donors (Lipinski definition) is 1. The van der Waals surface area contributed by atoms with Crippen molar-refractivity contribution in [2.45, 2.75) is 41.5 Å². The maximum absolute atomic E-state index is 10.8. The second-order valence-corrected chi connectivity index (χ2v) is 8.38. The van der Waals surface area contributed by atoms with Crippen molar-refractivity contribution in [1.29, 1.82) is 0 Å². The second kappa shape index (κ2) is 8.85. The normalized spacial score (nSPS) is 11.7. The van der Waals surface area contributed by atoms with Crippen molar-refractivity contribution in [2.24, 2.45) is 9.98 Å². The summed E-state index contributed by atoms with van der Waals surface area (Å²) in [6, 6.07) is 11.8. The zero-order chi connectivity index (χ0) is 22.0. The van der Waals surface area contributed by atoms with Gasteiger partial charge in [0.2, 0.25) is 0 Å². The first-order valence-corrected chi connectivity index (χ1v) is 10.3. The molecule has 0 saturated heterocycles. The summed E-state index contributed by atoms with van der Waals surface area (Å²) in [6.07, 6.45) is 3.32. The van der Waals surface area contributed by atoms with Crippen LogP contribution in [0.25, 0.3) is 0 Å². The molecule has 3 nitrogen and oxygen atoms in total. The number of hydrogen-bond acceptors (Lipinski definition) is 3. The fourth-order valence-corrected chi connectivity index (χ4v) is 4.09. The van der Waals surface area contributed by atoms with Gasteiger partial charge in [-0.1, -0.05) is 47.0 Å². The van der Waals surface area contributed by atoms with E-state index in [-0.39, 0.29) is 5.75 Å². The molecule has 0 heterocycles. The first kappa shape index (κ1) is 21.8. The molecule has 0 aliphatic rings.